The van der Waals surface area contributed by atoms with E-state index in [0.29, 0.717) is 5.22 Å². The van der Waals surface area contributed by atoms with Crippen LogP contribution in [0.1, 0.15) is 16.0 Å². The highest BCUT2D eigenvalue weighted by Gasteiger charge is 2.14. The minimum Gasteiger partial charge on any atom is -0.453 e. The fourth-order valence-corrected chi connectivity index (χ4v) is 3.05. The first-order chi connectivity index (χ1) is 6.77. The van der Waals surface area contributed by atoms with Crippen molar-refractivity contribution >= 4 is 38.9 Å². The van der Waals surface area contributed by atoms with Crippen LogP contribution in [0, 0.1) is 0 Å². The largest absolute Gasteiger partial charge is 0.453 e. The van der Waals surface area contributed by atoms with Crippen LogP contribution in [0.15, 0.2) is 33.6 Å². The molecule has 2 aromatic heterocycles. The summed E-state index contributed by atoms with van der Waals surface area (Å²) in [5, 5.41) is 4.69. The van der Waals surface area contributed by atoms with Crippen molar-refractivity contribution in [1.82, 2.24) is 0 Å². The molecule has 4 heteroatoms. The maximum atomic E-state index is 5.88. The van der Waals surface area contributed by atoms with Crippen molar-refractivity contribution in [1.29, 1.82) is 0 Å². The number of halogens is 2. The van der Waals surface area contributed by atoms with Gasteiger partial charge in [0.15, 0.2) is 5.22 Å². The molecule has 0 bridgehead atoms. The van der Waals surface area contributed by atoms with Gasteiger partial charge in [-0.3, -0.25) is 0 Å². The second kappa shape index (κ2) is 4.51. The van der Waals surface area contributed by atoms with Gasteiger partial charge in [-0.2, -0.15) is 11.3 Å². The van der Waals surface area contributed by atoms with Gasteiger partial charge in [-0.05, 0) is 46.5 Å². The van der Waals surface area contributed by atoms with E-state index in [0.717, 1.165) is 12.0 Å². The minimum atomic E-state index is 0.225. The van der Waals surface area contributed by atoms with Gasteiger partial charge in [0.1, 0.15) is 0 Å². The Morgan fingerprint density at radius 1 is 1.50 bits per heavy atom. The summed E-state index contributed by atoms with van der Waals surface area (Å²) in [5.74, 6) is 0. The molecule has 0 aromatic carbocycles. The van der Waals surface area contributed by atoms with Gasteiger partial charge < -0.3 is 4.42 Å². The zero-order chi connectivity index (χ0) is 9.97. The van der Waals surface area contributed by atoms with E-state index in [1.807, 2.05) is 6.07 Å². The Bertz CT molecular complexity index is 396. The number of rotatable bonds is 3. The molecular formula is C10H8BrClOS. The van der Waals surface area contributed by atoms with Crippen molar-refractivity contribution in [2.75, 3.05) is 0 Å². The highest BCUT2D eigenvalue weighted by atomic mass is 79.9. The van der Waals surface area contributed by atoms with Gasteiger partial charge >= 0.3 is 0 Å². The van der Waals surface area contributed by atoms with E-state index < -0.39 is 0 Å². The first-order valence-electron chi connectivity index (χ1n) is 4.15. The average Bonchev–Trinajstić information content (AvgIpc) is 2.75. The minimum absolute atomic E-state index is 0.225. The van der Waals surface area contributed by atoms with Gasteiger partial charge in [0.05, 0.1) is 6.26 Å². The lowest BCUT2D eigenvalue weighted by atomic mass is 10.1. The molecule has 14 heavy (non-hydrogen) atoms. The Hall–Kier alpha value is -0.250. The third-order valence-corrected chi connectivity index (χ3v) is 3.83. The fourth-order valence-electron chi connectivity index (χ4n) is 1.25. The lowest BCUT2D eigenvalue weighted by Gasteiger charge is -2.05. The van der Waals surface area contributed by atoms with Crippen molar-refractivity contribution in [2.45, 2.75) is 11.2 Å². The monoisotopic (exact) mass is 290 g/mol. The molecule has 2 rings (SSSR count). The molecule has 1 atom stereocenters. The summed E-state index contributed by atoms with van der Waals surface area (Å²) in [6.45, 7) is 0. The fraction of sp³-hybridized carbons (Fsp3) is 0.200. The van der Waals surface area contributed by atoms with Gasteiger partial charge in [-0.1, -0.05) is 15.9 Å². The predicted molar refractivity (Wildman–Crippen MR) is 63.4 cm³/mol. The number of furan rings is 1. The van der Waals surface area contributed by atoms with Crippen molar-refractivity contribution < 1.29 is 4.42 Å². The SMILES string of the molecule is Clc1occc1C(Br)Cc1ccsc1. The van der Waals surface area contributed by atoms with E-state index in [4.69, 9.17) is 16.0 Å². The number of alkyl halides is 1. The second-order valence-corrected chi connectivity index (χ2v) is 5.18. The van der Waals surface area contributed by atoms with E-state index in [1.165, 1.54) is 5.56 Å². The lowest BCUT2D eigenvalue weighted by molar-refractivity contribution is 0.566. The summed E-state index contributed by atoms with van der Waals surface area (Å²) in [4.78, 5) is 0.225. The molecular weight excluding hydrogens is 284 g/mol. The number of thiophene rings is 1. The van der Waals surface area contributed by atoms with E-state index in [9.17, 15) is 0 Å². The molecule has 0 fully saturated rings. The molecule has 0 amide bonds. The second-order valence-electron chi connectivity index (χ2n) is 2.95. The Balaban J connectivity index is 2.10. The molecule has 74 valence electrons. The molecule has 0 N–H and O–H groups in total. The molecule has 0 radical (unpaired) electrons. The van der Waals surface area contributed by atoms with Gasteiger partial charge in [-0.15, -0.1) is 0 Å². The van der Waals surface area contributed by atoms with Gasteiger partial charge in [0.25, 0.3) is 0 Å². The van der Waals surface area contributed by atoms with Crippen LogP contribution in [0.25, 0.3) is 0 Å². The van der Waals surface area contributed by atoms with Gasteiger partial charge in [0, 0.05) is 10.4 Å². The highest BCUT2D eigenvalue weighted by molar-refractivity contribution is 9.09. The first-order valence-corrected chi connectivity index (χ1v) is 6.39. The molecule has 0 saturated heterocycles. The summed E-state index contributed by atoms with van der Waals surface area (Å²) >= 11 is 11.2. The molecule has 2 heterocycles. The zero-order valence-electron chi connectivity index (χ0n) is 7.24. The molecule has 0 aliphatic carbocycles. The normalized spacial score (nSPS) is 13.0. The van der Waals surface area contributed by atoms with E-state index in [-0.39, 0.29) is 4.83 Å². The van der Waals surface area contributed by atoms with Crippen LogP contribution in [0.5, 0.6) is 0 Å². The standard InChI is InChI=1S/C10H8BrClOS/c11-9(5-7-2-4-14-6-7)8-1-3-13-10(8)12/h1-4,6,9H,5H2. The topological polar surface area (TPSA) is 13.1 Å². The van der Waals surface area contributed by atoms with Gasteiger partial charge in [0.2, 0.25) is 0 Å². The Labute approximate surface area is 99.8 Å². The number of hydrogen-bond donors (Lipinski definition) is 0. The van der Waals surface area contributed by atoms with Crippen LogP contribution >= 0.6 is 38.9 Å². The third kappa shape index (κ3) is 2.22. The zero-order valence-corrected chi connectivity index (χ0v) is 10.4. The van der Waals surface area contributed by atoms with E-state index in [2.05, 4.69) is 32.8 Å². The molecule has 1 unspecified atom stereocenters. The molecule has 2 aromatic rings. The lowest BCUT2D eigenvalue weighted by Crippen LogP contribution is -1.92. The third-order valence-electron chi connectivity index (χ3n) is 1.98. The highest BCUT2D eigenvalue weighted by Crippen LogP contribution is 2.33. The maximum Gasteiger partial charge on any atom is 0.197 e. The molecule has 0 spiro atoms. The van der Waals surface area contributed by atoms with E-state index >= 15 is 0 Å². The summed E-state index contributed by atoms with van der Waals surface area (Å²) in [6, 6.07) is 4.01. The molecule has 1 nitrogen and oxygen atoms in total. The van der Waals surface area contributed by atoms with E-state index in [1.54, 1.807) is 17.6 Å². The molecule has 0 aliphatic heterocycles. The first kappa shape index (κ1) is 10.3. The van der Waals surface area contributed by atoms with Crippen LogP contribution in [-0.2, 0) is 6.42 Å². The molecule has 0 saturated carbocycles. The van der Waals surface area contributed by atoms with Crippen LogP contribution in [0.4, 0.5) is 0 Å². The summed E-state index contributed by atoms with van der Waals surface area (Å²) in [7, 11) is 0. The van der Waals surface area contributed by atoms with Crippen LogP contribution in [-0.4, -0.2) is 0 Å². The average molecular weight is 292 g/mol. The predicted octanol–water partition coefficient (Wildman–Crippen LogP) is 4.67. The van der Waals surface area contributed by atoms with Gasteiger partial charge in [-0.25, -0.2) is 0 Å². The summed E-state index contributed by atoms with van der Waals surface area (Å²) in [6.07, 6.45) is 2.54. The van der Waals surface area contributed by atoms with Crippen molar-refractivity contribution in [3.8, 4) is 0 Å². The Kier molecular flexibility index (Phi) is 3.31. The smallest absolute Gasteiger partial charge is 0.197 e. The van der Waals surface area contributed by atoms with Crippen LogP contribution in [0.3, 0.4) is 0 Å². The van der Waals surface area contributed by atoms with Crippen molar-refractivity contribution in [3.05, 3.63) is 45.5 Å². The molecule has 0 aliphatic rings. The Morgan fingerprint density at radius 3 is 2.93 bits per heavy atom. The summed E-state index contributed by atoms with van der Waals surface area (Å²) < 4.78 is 5.04. The quantitative estimate of drug-likeness (QED) is 0.749. The van der Waals surface area contributed by atoms with Crippen molar-refractivity contribution in [2.24, 2.45) is 0 Å². The van der Waals surface area contributed by atoms with Crippen LogP contribution in [0.2, 0.25) is 5.22 Å². The Morgan fingerprint density at radius 2 is 2.36 bits per heavy atom. The maximum absolute atomic E-state index is 5.88. The van der Waals surface area contributed by atoms with Crippen LogP contribution < -0.4 is 0 Å². The van der Waals surface area contributed by atoms with Crippen molar-refractivity contribution in [3.63, 3.8) is 0 Å². The summed E-state index contributed by atoms with van der Waals surface area (Å²) in [5.41, 5.74) is 2.33. The number of hydrogen-bond acceptors (Lipinski definition) is 2.